The van der Waals surface area contributed by atoms with Crippen LogP contribution in [0.25, 0.3) is 0 Å². The largest absolute Gasteiger partial charge is 0.463 e. The van der Waals surface area contributed by atoms with Gasteiger partial charge in [0, 0.05) is 25.3 Å². The first-order valence-electron chi connectivity index (χ1n) is 9.88. The van der Waals surface area contributed by atoms with Crippen LogP contribution in [0, 0.1) is 10.1 Å². The van der Waals surface area contributed by atoms with E-state index in [2.05, 4.69) is 10.6 Å². The first-order chi connectivity index (χ1) is 14.8. The molecule has 0 spiro atoms. The zero-order valence-electron chi connectivity index (χ0n) is 17.8. The number of nitrogens with zero attached hydrogens (tertiary/aromatic N) is 1. The maximum atomic E-state index is 12.9. The van der Waals surface area contributed by atoms with Gasteiger partial charge in [-0.3, -0.25) is 19.7 Å². The van der Waals surface area contributed by atoms with Gasteiger partial charge in [-0.25, -0.2) is 0 Å². The summed E-state index contributed by atoms with van der Waals surface area (Å²) in [6.45, 7) is 4.26. The minimum atomic E-state index is -0.640. The second kappa shape index (κ2) is 11.7. The van der Waals surface area contributed by atoms with Gasteiger partial charge in [-0.05, 0) is 31.5 Å². The van der Waals surface area contributed by atoms with Crippen molar-refractivity contribution in [1.29, 1.82) is 0 Å². The number of anilines is 1. The van der Waals surface area contributed by atoms with Crippen molar-refractivity contribution in [2.24, 2.45) is 0 Å². The first-order valence-corrected chi connectivity index (χ1v) is 9.88. The van der Waals surface area contributed by atoms with Gasteiger partial charge in [0.1, 0.15) is 5.69 Å². The van der Waals surface area contributed by atoms with E-state index in [9.17, 15) is 19.7 Å². The second-order valence-electron chi connectivity index (χ2n) is 7.09. The van der Waals surface area contributed by atoms with Crippen molar-refractivity contribution in [3.8, 4) is 0 Å². The highest BCUT2D eigenvalue weighted by molar-refractivity contribution is 5.96. The number of amides is 1. The van der Waals surface area contributed by atoms with Crippen LogP contribution in [0.3, 0.4) is 0 Å². The standard InChI is InChI=1S/C22H27N3O6/c1-15(2)31-21(26)14-19(16-7-5-4-6-8-16)24-22(27)17-9-10-18(23-11-12-30-3)20(13-17)25(28)29/h4-10,13,15,19,23H,11-12,14H2,1-3H3,(H,24,27). The minimum absolute atomic E-state index is 0.0628. The van der Waals surface area contributed by atoms with E-state index in [1.54, 1.807) is 38.1 Å². The molecule has 0 radical (unpaired) electrons. The molecule has 1 amide bonds. The van der Waals surface area contributed by atoms with Crippen molar-refractivity contribution >= 4 is 23.3 Å². The number of methoxy groups -OCH3 is 1. The van der Waals surface area contributed by atoms with E-state index in [1.165, 1.54) is 25.3 Å². The highest BCUT2D eigenvalue weighted by atomic mass is 16.6. The molecule has 0 aliphatic carbocycles. The molecule has 166 valence electrons. The third kappa shape index (κ3) is 7.38. The molecule has 2 rings (SSSR count). The highest BCUT2D eigenvalue weighted by Gasteiger charge is 2.23. The Labute approximate surface area is 180 Å². The van der Waals surface area contributed by atoms with Gasteiger partial charge in [0.2, 0.25) is 0 Å². The Morgan fingerprint density at radius 3 is 2.45 bits per heavy atom. The molecule has 1 atom stereocenters. The number of hydrogen-bond acceptors (Lipinski definition) is 7. The summed E-state index contributed by atoms with van der Waals surface area (Å²) in [5, 5.41) is 17.2. The van der Waals surface area contributed by atoms with Crippen molar-refractivity contribution in [1.82, 2.24) is 5.32 Å². The van der Waals surface area contributed by atoms with Crippen LogP contribution in [0.5, 0.6) is 0 Å². The molecule has 2 N–H and O–H groups in total. The highest BCUT2D eigenvalue weighted by Crippen LogP contribution is 2.26. The maximum absolute atomic E-state index is 12.9. The van der Waals surface area contributed by atoms with Crippen LogP contribution in [0.15, 0.2) is 48.5 Å². The molecule has 0 saturated carbocycles. The average molecular weight is 429 g/mol. The lowest BCUT2D eigenvalue weighted by molar-refractivity contribution is -0.384. The number of benzene rings is 2. The third-order valence-electron chi connectivity index (χ3n) is 4.32. The topological polar surface area (TPSA) is 120 Å². The molecule has 0 fully saturated rings. The maximum Gasteiger partial charge on any atom is 0.308 e. The fourth-order valence-electron chi connectivity index (χ4n) is 2.92. The van der Waals surface area contributed by atoms with Crippen LogP contribution in [-0.4, -0.2) is 43.2 Å². The summed E-state index contributed by atoms with van der Waals surface area (Å²) in [5.41, 5.74) is 0.906. The minimum Gasteiger partial charge on any atom is -0.463 e. The summed E-state index contributed by atoms with van der Waals surface area (Å²) in [5.74, 6) is -0.981. The van der Waals surface area contributed by atoms with Gasteiger partial charge >= 0.3 is 5.97 Å². The number of ether oxygens (including phenoxy) is 2. The molecule has 2 aromatic carbocycles. The molecule has 31 heavy (non-hydrogen) atoms. The van der Waals surface area contributed by atoms with Gasteiger partial charge < -0.3 is 20.1 Å². The van der Waals surface area contributed by atoms with Crippen molar-refractivity contribution < 1.29 is 24.0 Å². The summed E-state index contributed by atoms with van der Waals surface area (Å²) in [6.07, 6.45) is -0.340. The molecular weight excluding hydrogens is 402 g/mol. The molecule has 0 aromatic heterocycles. The summed E-state index contributed by atoms with van der Waals surface area (Å²) in [7, 11) is 1.53. The number of carbonyl (C=O) groups excluding carboxylic acids is 2. The third-order valence-corrected chi connectivity index (χ3v) is 4.32. The molecule has 0 heterocycles. The fourth-order valence-corrected chi connectivity index (χ4v) is 2.92. The van der Waals surface area contributed by atoms with Crippen LogP contribution in [0.4, 0.5) is 11.4 Å². The van der Waals surface area contributed by atoms with Crippen LogP contribution >= 0.6 is 0 Å². The van der Waals surface area contributed by atoms with E-state index in [0.717, 1.165) is 5.56 Å². The van der Waals surface area contributed by atoms with Gasteiger partial charge in [-0.15, -0.1) is 0 Å². The van der Waals surface area contributed by atoms with Crippen molar-refractivity contribution in [2.75, 3.05) is 25.6 Å². The monoisotopic (exact) mass is 429 g/mol. The van der Waals surface area contributed by atoms with E-state index in [-0.39, 0.29) is 23.8 Å². The number of nitrogens with one attached hydrogen (secondary N) is 2. The Morgan fingerprint density at radius 1 is 1.13 bits per heavy atom. The zero-order valence-corrected chi connectivity index (χ0v) is 17.8. The Bertz CT molecular complexity index is 901. The van der Waals surface area contributed by atoms with E-state index >= 15 is 0 Å². The van der Waals surface area contributed by atoms with E-state index in [0.29, 0.717) is 18.8 Å². The molecule has 0 aliphatic rings. The molecule has 2 aromatic rings. The lowest BCUT2D eigenvalue weighted by Gasteiger charge is -2.19. The number of nitro groups is 1. The Balaban J connectivity index is 2.22. The van der Waals surface area contributed by atoms with Crippen LogP contribution in [-0.2, 0) is 14.3 Å². The van der Waals surface area contributed by atoms with Gasteiger partial charge in [0.15, 0.2) is 0 Å². The summed E-state index contributed by atoms with van der Waals surface area (Å²) >= 11 is 0. The Morgan fingerprint density at radius 2 is 1.84 bits per heavy atom. The van der Waals surface area contributed by atoms with Crippen LogP contribution in [0.1, 0.15) is 42.2 Å². The van der Waals surface area contributed by atoms with E-state index < -0.39 is 22.8 Å². The molecule has 9 nitrogen and oxygen atoms in total. The van der Waals surface area contributed by atoms with Gasteiger partial charge in [0.05, 0.1) is 30.1 Å². The van der Waals surface area contributed by atoms with Crippen molar-refractivity contribution in [3.05, 3.63) is 69.8 Å². The quantitative estimate of drug-likeness (QED) is 0.243. The number of carbonyl (C=O) groups is 2. The molecule has 9 heteroatoms. The predicted octanol–water partition coefficient (Wildman–Crippen LogP) is 3.47. The number of esters is 1. The molecule has 0 aliphatic heterocycles. The number of hydrogen-bond donors (Lipinski definition) is 2. The van der Waals surface area contributed by atoms with Crippen molar-refractivity contribution in [3.63, 3.8) is 0 Å². The second-order valence-corrected chi connectivity index (χ2v) is 7.09. The SMILES string of the molecule is COCCNc1ccc(C(=O)NC(CC(=O)OC(C)C)c2ccccc2)cc1[N+](=O)[O-]. The predicted molar refractivity (Wildman–Crippen MR) is 116 cm³/mol. The van der Waals surface area contributed by atoms with Crippen LogP contribution < -0.4 is 10.6 Å². The normalized spacial score (nSPS) is 11.6. The van der Waals surface area contributed by atoms with Crippen LogP contribution in [0.2, 0.25) is 0 Å². The summed E-state index contributed by atoms with van der Waals surface area (Å²) < 4.78 is 10.1. The molecular formula is C22H27N3O6. The Kier molecular flexibility index (Phi) is 8.95. The average Bonchev–Trinajstić information content (AvgIpc) is 2.73. The lowest BCUT2D eigenvalue weighted by atomic mass is 10.0. The van der Waals surface area contributed by atoms with Gasteiger partial charge in [-0.2, -0.15) is 0 Å². The lowest BCUT2D eigenvalue weighted by Crippen LogP contribution is -2.31. The molecule has 0 saturated heterocycles. The number of nitro benzene ring substituents is 1. The Hall–Kier alpha value is -3.46. The molecule has 0 bridgehead atoms. The van der Waals surface area contributed by atoms with E-state index in [4.69, 9.17) is 9.47 Å². The molecule has 1 unspecified atom stereocenters. The zero-order chi connectivity index (χ0) is 22.8. The number of rotatable bonds is 11. The van der Waals surface area contributed by atoms with Gasteiger partial charge in [0.25, 0.3) is 11.6 Å². The van der Waals surface area contributed by atoms with Crippen molar-refractivity contribution in [2.45, 2.75) is 32.4 Å². The summed E-state index contributed by atoms with van der Waals surface area (Å²) in [4.78, 5) is 35.9. The first kappa shape index (κ1) is 23.8. The van der Waals surface area contributed by atoms with Gasteiger partial charge in [-0.1, -0.05) is 30.3 Å². The summed E-state index contributed by atoms with van der Waals surface area (Å²) in [6, 6.07) is 12.5. The van der Waals surface area contributed by atoms with E-state index in [1.807, 2.05) is 6.07 Å². The smallest absolute Gasteiger partial charge is 0.308 e. The fraction of sp³-hybridized carbons (Fsp3) is 0.364.